The van der Waals surface area contributed by atoms with E-state index >= 15 is 0 Å². The molecule has 326 valence electrons. The Balaban J connectivity index is 0.933. The third-order valence-corrected chi connectivity index (χ3v) is 12.8. The Kier molecular flexibility index (Phi) is 9.79. The first kappa shape index (κ1) is 40.0. The van der Waals surface area contributed by atoms with Crippen molar-refractivity contribution < 1.29 is 13.9 Å². The van der Waals surface area contributed by atoms with Gasteiger partial charge in [-0.05, 0) is 107 Å². The SMILES string of the molecule is C1=CC2Oc3c(-c4ccc(-c5nc(-c6cccc(-c7ccccc7)c6)nc(-c6cccc7c6oc6ccccc67)n5)cc4)ccc(-c4cc(-c5ccccn5)cc(-c5ccccn5)c4)c3OC2C=C1. The van der Waals surface area contributed by atoms with Crippen LogP contribution in [0.4, 0.5) is 0 Å². The first-order valence-electron chi connectivity index (χ1n) is 22.9. The summed E-state index contributed by atoms with van der Waals surface area (Å²) in [5, 5.41) is 2.04. The van der Waals surface area contributed by atoms with Crippen molar-refractivity contribution in [2.45, 2.75) is 12.2 Å². The van der Waals surface area contributed by atoms with Gasteiger partial charge in [0.15, 0.2) is 41.2 Å². The van der Waals surface area contributed by atoms with E-state index in [2.05, 4.69) is 91.0 Å². The molecule has 1 aliphatic carbocycles. The van der Waals surface area contributed by atoms with Gasteiger partial charge in [-0.1, -0.05) is 127 Å². The van der Waals surface area contributed by atoms with Gasteiger partial charge in [0.25, 0.3) is 0 Å². The summed E-state index contributed by atoms with van der Waals surface area (Å²) < 4.78 is 20.4. The number of furan rings is 1. The molecule has 2 atom stereocenters. The monoisotopic (exact) mass is 889 g/mol. The van der Waals surface area contributed by atoms with E-state index in [-0.39, 0.29) is 12.2 Å². The van der Waals surface area contributed by atoms with E-state index in [1.807, 2.05) is 134 Å². The molecule has 8 nitrogen and oxygen atoms in total. The minimum Gasteiger partial charge on any atom is -0.478 e. The predicted octanol–water partition coefficient (Wildman–Crippen LogP) is 14.5. The van der Waals surface area contributed by atoms with Gasteiger partial charge in [0, 0.05) is 56.5 Å². The highest BCUT2D eigenvalue weighted by atomic mass is 16.6. The van der Waals surface area contributed by atoms with Gasteiger partial charge in [-0.2, -0.15) is 0 Å². The molecule has 2 aliphatic rings. The summed E-state index contributed by atoms with van der Waals surface area (Å²) >= 11 is 0. The number of nitrogens with zero attached hydrogens (tertiary/aromatic N) is 5. The number of allylic oxidation sites excluding steroid dienone is 2. The number of aromatic nitrogens is 5. The highest BCUT2D eigenvalue weighted by Crippen LogP contribution is 2.50. The predicted molar refractivity (Wildman–Crippen MR) is 273 cm³/mol. The quantitative estimate of drug-likeness (QED) is 0.149. The van der Waals surface area contributed by atoms with Crippen molar-refractivity contribution >= 4 is 21.9 Å². The minimum atomic E-state index is -0.293. The molecule has 2 unspecified atom stereocenters. The van der Waals surface area contributed by atoms with E-state index in [0.29, 0.717) is 29.0 Å². The highest BCUT2D eigenvalue weighted by molar-refractivity contribution is 6.09. The number of rotatable bonds is 8. The lowest BCUT2D eigenvalue weighted by Gasteiger charge is -2.34. The van der Waals surface area contributed by atoms with Gasteiger partial charge in [0.1, 0.15) is 11.2 Å². The number of para-hydroxylation sites is 2. The standard InChI is InChI=1S/C61H39N5O3/c1-2-14-38(15-3-1)41-16-12-17-42(34-41)60-64-59(65-61(66-60)50-20-13-19-49-48-18-4-5-23-53(48)67-56(49)50)40-28-26-39(27-29-40)46-30-31-47(58-57(46)68-54-24-6-7-25-55(54)69-58)43-35-44(51-21-8-10-32-62-51)37-45(36-43)52-22-9-11-33-63-52/h1-37,54-55H. The van der Waals surface area contributed by atoms with Gasteiger partial charge in [0.2, 0.25) is 0 Å². The zero-order valence-electron chi connectivity index (χ0n) is 37.0. The molecule has 1 aliphatic heterocycles. The van der Waals surface area contributed by atoms with E-state index < -0.39 is 0 Å². The van der Waals surface area contributed by atoms with E-state index in [9.17, 15) is 0 Å². The smallest absolute Gasteiger partial charge is 0.170 e. The fourth-order valence-electron chi connectivity index (χ4n) is 9.39. The second-order valence-electron chi connectivity index (χ2n) is 17.1. The number of hydrogen-bond acceptors (Lipinski definition) is 8. The van der Waals surface area contributed by atoms with Crippen LogP contribution in [0.15, 0.2) is 229 Å². The van der Waals surface area contributed by atoms with Gasteiger partial charge in [-0.3, -0.25) is 9.97 Å². The van der Waals surface area contributed by atoms with Crippen LogP contribution in [0, 0.1) is 0 Å². The molecule has 0 spiro atoms. The van der Waals surface area contributed by atoms with Crippen LogP contribution in [0.2, 0.25) is 0 Å². The van der Waals surface area contributed by atoms with Crippen molar-refractivity contribution in [1.82, 2.24) is 24.9 Å². The molecule has 13 rings (SSSR count). The summed E-state index contributed by atoms with van der Waals surface area (Å²) in [6, 6.07) is 63.8. The molecule has 0 N–H and O–H groups in total. The van der Waals surface area contributed by atoms with Crippen LogP contribution in [-0.2, 0) is 0 Å². The normalized spacial score (nSPS) is 14.8. The molecule has 7 aromatic carbocycles. The number of hydrogen-bond donors (Lipinski definition) is 0. The fraction of sp³-hybridized carbons (Fsp3) is 0.0328. The molecule has 0 saturated carbocycles. The van der Waals surface area contributed by atoms with Gasteiger partial charge in [-0.15, -0.1) is 0 Å². The van der Waals surface area contributed by atoms with Crippen LogP contribution in [0.1, 0.15) is 0 Å². The maximum absolute atomic E-state index is 6.94. The molecule has 5 heterocycles. The largest absolute Gasteiger partial charge is 0.478 e. The summed E-state index contributed by atoms with van der Waals surface area (Å²) in [4.78, 5) is 24.9. The van der Waals surface area contributed by atoms with Gasteiger partial charge < -0.3 is 13.9 Å². The van der Waals surface area contributed by atoms with Gasteiger partial charge >= 0.3 is 0 Å². The van der Waals surface area contributed by atoms with Crippen molar-refractivity contribution in [2.24, 2.45) is 0 Å². The maximum atomic E-state index is 6.94. The lowest BCUT2D eigenvalue weighted by atomic mass is 9.92. The molecule has 0 saturated heterocycles. The Labute approximate surface area is 397 Å². The number of pyridine rings is 2. The Morgan fingerprint density at radius 2 is 0.884 bits per heavy atom. The number of benzene rings is 7. The fourth-order valence-corrected chi connectivity index (χ4v) is 9.39. The van der Waals surface area contributed by atoms with Crippen molar-refractivity contribution in [3.63, 3.8) is 0 Å². The third-order valence-electron chi connectivity index (χ3n) is 12.8. The zero-order chi connectivity index (χ0) is 45.7. The van der Waals surface area contributed by atoms with E-state index in [1.54, 1.807) is 0 Å². The average molecular weight is 890 g/mol. The average Bonchev–Trinajstić information content (AvgIpc) is 3.82. The molecule has 8 heteroatoms. The van der Waals surface area contributed by atoms with Crippen LogP contribution in [0.5, 0.6) is 11.5 Å². The first-order valence-corrected chi connectivity index (χ1v) is 22.9. The summed E-state index contributed by atoms with van der Waals surface area (Å²) in [5.41, 5.74) is 13.6. The molecular weight excluding hydrogens is 851 g/mol. The Morgan fingerprint density at radius 3 is 1.58 bits per heavy atom. The van der Waals surface area contributed by atoms with E-state index in [4.69, 9.17) is 38.8 Å². The van der Waals surface area contributed by atoms with Gasteiger partial charge in [-0.25, -0.2) is 15.0 Å². The molecule has 69 heavy (non-hydrogen) atoms. The van der Waals surface area contributed by atoms with Crippen molar-refractivity contribution in [1.29, 1.82) is 0 Å². The van der Waals surface area contributed by atoms with Crippen LogP contribution in [0.25, 0.3) is 112 Å². The molecule has 4 aromatic heterocycles. The van der Waals surface area contributed by atoms with Gasteiger partial charge in [0.05, 0.1) is 17.0 Å². The minimum absolute atomic E-state index is 0.292. The summed E-state index contributed by atoms with van der Waals surface area (Å²) in [6.45, 7) is 0. The Bertz CT molecular complexity index is 3740. The highest BCUT2D eigenvalue weighted by Gasteiger charge is 2.33. The topological polar surface area (TPSA) is 96.1 Å². The van der Waals surface area contributed by atoms with Crippen LogP contribution >= 0.6 is 0 Å². The third kappa shape index (κ3) is 7.41. The zero-order valence-corrected chi connectivity index (χ0v) is 37.0. The lowest BCUT2D eigenvalue weighted by molar-refractivity contribution is 0.0769. The maximum Gasteiger partial charge on any atom is 0.170 e. The Morgan fingerprint density at radius 1 is 0.348 bits per heavy atom. The van der Waals surface area contributed by atoms with Crippen LogP contribution in [-0.4, -0.2) is 37.1 Å². The van der Waals surface area contributed by atoms with Crippen LogP contribution in [0.3, 0.4) is 0 Å². The lowest BCUT2D eigenvalue weighted by Crippen LogP contribution is -2.38. The number of ether oxygens (including phenoxy) is 2. The van der Waals surface area contributed by atoms with Crippen molar-refractivity contribution in [3.8, 4) is 102 Å². The first-order chi connectivity index (χ1) is 34.2. The van der Waals surface area contributed by atoms with Crippen molar-refractivity contribution in [3.05, 3.63) is 225 Å². The second-order valence-corrected chi connectivity index (χ2v) is 17.1. The Hall–Kier alpha value is -9.27. The molecule has 0 amide bonds. The molecule has 11 aromatic rings. The molecule has 0 fully saturated rings. The van der Waals surface area contributed by atoms with Crippen molar-refractivity contribution in [2.75, 3.05) is 0 Å². The van der Waals surface area contributed by atoms with E-state index in [0.717, 1.165) is 94.5 Å². The molecule has 0 radical (unpaired) electrons. The number of fused-ring (bicyclic) bond motifs is 5. The summed E-state index contributed by atoms with van der Waals surface area (Å²) in [5.74, 6) is 2.96. The summed E-state index contributed by atoms with van der Waals surface area (Å²) in [6.07, 6.45) is 11.2. The molecule has 0 bridgehead atoms. The second kappa shape index (κ2) is 16.9. The summed E-state index contributed by atoms with van der Waals surface area (Å²) in [7, 11) is 0. The molecular formula is C61H39N5O3. The van der Waals surface area contributed by atoms with Crippen LogP contribution < -0.4 is 9.47 Å². The van der Waals surface area contributed by atoms with E-state index in [1.165, 1.54) is 0 Å².